The average Bonchev–Trinajstić information content (AvgIpc) is 2.77. The van der Waals surface area contributed by atoms with Crippen LogP contribution in [0.2, 0.25) is 0 Å². The van der Waals surface area contributed by atoms with Crippen LogP contribution in [0.5, 0.6) is 0 Å². The second-order valence-corrected chi connectivity index (χ2v) is 3.28. The van der Waals surface area contributed by atoms with E-state index in [-0.39, 0.29) is 6.61 Å². The van der Waals surface area contributed by atoms with Crippen molar-refractivity contribution in [3.05, 3.63) is 48.0 Å². The van der Waals surface area contributed by atoms with Crippen LogP contribution in [0.25, 0.3) is 5.69 Å². The molecule has 1 aromatic carbocycles. The second kappa shape index (κ2) is 4.25. The zero-order chi connectivity index (χ0) is 10.7. The van der Waals surface area contributed by atoms with Crippen molar-refractivity contribution in [2.24, 2.45) is 5.73 Å². The normalized spacial score (nSPS) is 10.5. The number of aromatic nitrogens is 2. The van der Waals surface area contributed by atoms with Gasteiger partial charge in [0.15, 0.2) is 0 Å². The molecule has 0 radical (unpaired) electrons. The Morgan fingerprint density at radius 3 is 2.60 bits per heavy atom. The van der Waals surface area contributed by atoms with Gasteiger partial charge in [-0.3, -0.25) is 0 Å². The first-order valence-corrected chi connectivity index (χ1v) is 4.76. The number of rotatable bonds is 3. The summed E-state index contributed by atoms with van der Waals surface area (Å²) in [5.74, 6) is 0. The highest BCUT2D eigenvalue weighted by atomic mass is 16.3. The van der Waals surface area contributed by atoms with E-state index in [2.05, 4.69) is 4.98 Å². The lowest BCUT2D eigenvalue weighted by Gasteiger charge is -2.06. The molecule has 4 nitrogen and oxygen atoms in total. The van der Waals surface area contributed by atoms with Crippen LogP contribution in [0.3, 0.4) is 0 Å². The van der Waals surface area contributed by atoms with Crippen LogP contribution in [0.1, 0.15) is 11.3 Å². The van der Waals surface area contributed by atoms with Gasteiger partial charge in [0.2, 0.25) is 0 Å². The SMILES string of the molecule is NCc1cncn1-c1ccc(CO)cc1. The lowest BCUT2D eigenvalue weighted by molar-refractivity contribution is 0.282. The van der Waals surface area contributed by atoms with E-state index in [1.807, 2.05) is 28.8 Å². The molecule has 2 aromatic rings. The highest BCUT2D eigenvalue weighted by Crippen LogP contribution is 2.12. The van der Waals surface area contributed by atoms with Crippen LogP contribution >= 0.6 is 0 Å². The lowest BCUT2D eigenvalue weighted by Crippen LogP contribution is -2.04. The minimum atomic E-state index is 0.0634. The Labute approximate surface area is 88.0 Å². The summed E-state index contributed by atoms with van der Waals surface area (Å²) in [5, 5.41) is 8.92. The summed E-state index contributed by atoms with van der Waals surface area (Å²) in [4.78, 5) is 4.05. The van der Waals surface area contributed by atoms with Crippen molar-refractivity contribution in [1.29, 1.82) is 0 Å². The van der Waals surface area contributed by atoms with Gasteiger partial charge in [-0.05, 0) is 17.7 Å². The third-order valence-corrected chi connectivity index (χ3v) is 2.32. The smallest absolute Gasteiger partial charge is 0.0994 e. The Bertz CT molecular complexity index is 433. The minimum absolute atomic E-state index is 0.0634. The van der Waals surface area contributed by atoms with Gasteiger partial charge in [0.1, 0.15) is 0 Å². The maximum atomic E-state index is 8.92. The molecular weight excluding hydrogens is 190 g/mol. The highest BCUT2D eigenvalue weighted by molar-refractivity contribution is 5.36. The van der Waals surface area contributed by atoms with Crippen LogP contribution in [0.4, 0.5) is 0 Å². The van der Waals surface area contributed by atoms with Gasteiger partial charge >= 0.3 is 0 Å². The Hall–Kier alpha value is -1.65. The number of nitrogens with two attached hydrogens (primary N) is 1. The fourth-order valence-electron chi connectivity index (χ4n) is 1.47. The number of imidazole rings is 1. The van der Waals surface area contributed by atoms with Gasteiger partial charge in [0.05, 0.1) is 18.6 Å². The Kier molecular flexibility index (Phi) is 2.80. The standard InChI is InChI=1S/C11H13N3O/c12-5-11-6-13-8-14(11)10-3-1-9(7-15)2-4-10/h1-4,6,8,15H,5,7,12H2. The number of benzene rings is 1. The summed E-state index contributed by atoms with van der Waals surface area (Å²) in [7, 11) is 0. The molecule has 0 spiro atoms. The Morgan fingerprint density at radius 1 is 1.27 bits per heavy atom. The quantitative estimate of drug-likeness (QED) is 0.776. The van der Waals surface area contributed by atoms with E-state index in [0.717, 1.165) is 16.9 Å². The highest BCUT2D eigenvalue weighted by Gasteiger charge is 2.01. The first-order valence-electron chi connectivity index (χ1n) is 4.76. The number of aliphatic hydroxyl groups is 1. The summed E-state index contributed by atoms with van der Waals surface area (Å²) in [6.07, 6.45) is 3.48. The predicted molar refractivity (Wildman–Crippen MR) is 57.4 cm³/mol. The van der Waals surface area contributed by atoms with Gasteiger partial charge in [-0.15, -0.1) is 0 Å². The zero-order valence-electron chi connectivity index (χ0n) is 8.30. The molecule has 4 heteroatoms. The molecule has 1 aromatic heterocycles. The molecule has 0 saturated heterocycles. The summed E-state index contributed by atoms with van der Waals surface area (Å²) < 4.78 is 1.93. The molecule has 78 valence electrons. The van der Waals surface area contributed by atoms with Crippen LogP contribution in [-0.4, -0.2) is 14.7 Å². The topological polar surface area (TPSA) is 64.1 Å². The van der Waals surface area contributed by atoms with Gasteiger partial charge in [0.25, 0.3) is 0 Å². The maximum absolute atomic E-state index is 8.92. The average molecular weight is 203 g/mol. The third kappa shape index (κ3) is 1.91. The van der Waals surface area contributed by atoms with E-state index in [4.69, 9.17) is 10.8 Å². The summed E-state index contributed by atoms with van der Waals surface area (Å²) >= 11 is 0. The molecular formula is C11H13N3O. The minimum Gasteiger partial charge on any atom is -0.392 e. The molecule has 15 heavy (non-hydrogen) atoms. The first-order chi connectivity index (χ1) is 7.35. The van der Waals surface area contributed by atoms with E-state index in [1.165, 1.54) is 0 Å². The van der Waals surface area contributed by atoms with Crippen molar-refractivity contribution in [2.45, 2.75) is 13.2 Å². The van der Waals surface area contributed by atoms with E-state index in [1.54, 1.807) is 12.5 Å². The Morgan fingerprint density at radius 2 is 2.00 bits per heavy atom. The summed E-state index contributed by atoms with van der Waals surface area (Å²) in [6, 6.07) is 7.64. The molecule has 2 rings (SSSR count). The number of hydrogen-bond acceptors (Lipinski definition) is 3. The lowest BCUT2D eigenvalue weighted by atomic mass is 10.2. The van der Waals surface area contributed by atoms with Crippen LogP contribution in [0.15, 0.2) is 36.8 Å². The van der Waals surface area contributed by atoms with Crippen LogP contribution < -0.4 is 5.73 Å². The fraction of sp³-hybridized carbons (Fsp3) is 0.182. The molecule has 0 unspecified atom stereocenters. The van der Waals surface area contributed by atoms with Crippen molar-refractivity contribution >= 4 is 0 Å². The molecule has 0 bridgehead atoms. The van der Waals surface area contributed by atoms with E-state index >= 15 is 0 Å². The van der Waals surface area contributed by atoms with Gasteiger partial charge in [-0.1, -0.05) is 12.1 Å². The maximum Gasteiger partial charge on any atom is 0.0994 e. The molecule has 1 heterocycles. The van der Waals surface area contributed by atoms with Crippen molar-refractivity contribution < 1.29 is 5.11 Å². The van der Waals surface area contributed by atoms with E-state index in [9.17, 15) is 0 Å². The van der Waals surface area contributed by atoms with Crippen LogP contribution in [-0.2, 0) is 13.2 Å². The molecule has 0 aliphatic carbocycles. The number of hydrogen-bond donors (Lipinski definition) is 2. The Balaban J connectivity index is 2.37. The van der Waals surface area contributed by atoms with E-state index < -0.39 is 0 Å². The molecule has 0 aliphatic rings. The molecule has 0 aliphatic heterocycles. The van der Waals surface area contributed by atoms with Crippen molar-refractivity contribution in [2.75, 3.05) is 0 Å². The zero-order valence-corrected chi connectivity index (χ0v) is 8.30. The van der Waals surface area contributed by atoms with E-state index in [0.29, 0.717) is 6.54 Å². The van der Waals surface area contributed by atoms with Gasteiger partial charge in [-0.25, -0.2) is 4.98 Å². The molecule has 0 fully saturated rings. The molecule has 0 saturated carbocycles. The van der Waals surface area contributed by atoms with Crippen LogP contribution in [0, 0.1) is 0 Å². The monoisotopic (exact) mass is 203 g/mol. The van der Waals surface area contributed by atoms with Crippen molar-refractivity contribution in [3.63, 3.8) is 0 Å². The summed E-state index contributed by atoms with van der Waals surface area (Å²) in [5.41, 5.74) is 8.45. The van der Waals surface area contributed by atoms with Gasteiger partial charge in [-0.2, -0.15) is 0 Å². The van der Waals surface area contributed by atoms with Crippen molar-refractivity contribution in [1.82, 2.24) is 9.55 Å². The van der Waals surface area contributed by atoms with Gasteiger partial charge < -0.3 is 15.4 Å². The first kappa shape index (κ1) is 9.89. The number of nitrogens with zero attached hydrogens (tertiary/aromatic N) is 2. The molecule has 0 amide bonds. The van der Waals surface area contributed by atoms with Crippen molar-refractivity contribution in [3.8, 4) is 5.69 Å². The third-order valence-electron chi connectivity index (χ3n) is 2.32. The fourth-order valence-corrected chi connectivity index (χ4v) is 1.47. The largest absolute Gasteiger partial charge is 0.392 e. The van der Waals surface area contributed by atoms with Gasteiger partial charge in [0, 0.05) is 18.4 Å². The summed E-state index contributed by atoms with van der Waals surface area (Å²) in [6.45, 7) is 0.524. The predicted octanol–water partition coefficient (Wildman–Crippen LogP) is 0.823. The number of aliphatic hydroxyl groups excluding tert-OH is 1. The molecule has 0 atom stereocenters. The molecule has 3 N–H and O–H groups in total. The second-order valence-electron chi connectivity index (χ2n) is 3.28.